The third-order valence-corrected chi connectivity index (χ3v) is 4.81. The van der Waals surface area contributed by atoms with Gasteiger partial charge in [0.15, 0.2) is 5.13 Å². The van der Waals surface area contributed by atoms with Crippen molar-refractivity contribution in [2.75, 3.05) is 11.9 Å². The quantitative estimate of drug-likeness (QED) is 0.798. The summed E-state index contributed by atoms with van der Waals surface area (Å²) < 4.78 is 0. The average molecular weight is 338 g/mol. The van der Waals surface area contributed by atoms with E-state index < -0.39 is 6.10 Å². The molecule has 1 aliphatic rings. The first-order chi connectivity index (χ1) is 10.6. The Hall–Kier alpha value is -1.47. The summed E-state index contributed by atoms with van der Waals surface area (Å²) in [6.07, 6.45) is 2.42. The van der Waals surface area contributed by atoms with Gasteiger partial charge >= 0.3 is 0 Å². The molecule has 1 fully saturated rings. The minimum absolute atomic E-state index is 0.157. The molecular formula is C15H16ClN3O2S. The minimum Gasteiger partial charge on any atom is -0.392 e. The number of rotatable bonds is 4. The lowest BCUT2D eigenvalue weighted by Gasteiger charge is -2.08. The summed E-state index contributed by atoms with van der Waals surface area (Å²) >= 11 is 7.58. The predicted molar refractivity (Wildman–Crippen MR) is 87.4 cm³/mol. The molecule has 1 aromatic heterocycles. The van der Waals surface area contributed by atoms with Gasteiger partial charge in [0.1, 0.15) is 0 Å². The van der Waals surface area contributed by atoms with Gasteiger partial charge in [-0.3, -0.25) is 4.79 Å². The summed E-state index contributed by atoms with van der Waals surface area (Å²) in [4.78, 5) is 17.3. The van der Waals surface area contributed by atoms with Crippen LogP contribution in [0.5, 0.6) is 0 Å². The number of nitrogens with one attached hydrogen (secondary N) is 2. The first kappa shape index (κ1) is 15.4. The van der Waals surface area contributed by atoms with Gasteiger partial charge in [-0.05, 0) is 18.1 Å². The highest BCUT2D eigenvalue weighted by molar-refractivity contribution is 7.15. The van der Waals surface area contributed by atoms with Crippen molar-refractivity contribution in [1.29, 1.82) is 0 Å². The van der Waals surface area contributed by atoms with Gasteiger partial charge in [0.25, 0.3) is 0 Å². The second-order valence-electron chi connectivity index (χ2n) is 5.24. The van der Waals surface area contributed by atoms with E-state index in [0.29, 0.717) is 24.5 Å². The van der Waals surface area contributed by atoms with Crippen LogP contribution in [0.4, 0.5) is 5.13 Å². The van der Waals surface area contributed by atoms with Crippen molar-refractivity contribution in [3.8, 4) is 0 Å². The largest absolute Gasteiger partial charge is 0.392 e. The fourth-order valence-corrected chi connectivity index (χ4v) is 3.43. The molecule has 0 spiro atoms. The van der Waals surface area contributed by atoms with Crippen LogP contribution in [-0.2, 0) is 11.2 Å². The number of aromatic nitrogens is 1. The smallest absolute Gasteiger partial charge is 0.243 e. The molecule has 1 amide bonds. The maximum Gasteiger partial charge on any atom is 0.243 e. The summed E-state index contributed by atoms with van der Waals surface area (Å²) in [7, 11) is 0. The van der Waals surface area contributed by atoms with Crippen LogP contribution >= 0.6 is 22.9 Å². The molecule has 116 valence electrons. The second-order valence-corrected chi connectivity index (χ2v) is 6.76. The molecule has 3 N–H and O–H groups in total. The van der Waals surface area contributed by atoms with Crippen LogP contribution in [0.1, 0.15) is 16.9 Å². The maximum absolute atomic E-state index is 12.0. The molecule has 22 heavy (non-hydrogen) atoms. The van der Waals surface area contributed by atoms with Crippen LogP contribution in [0, 0.1) is 0 Å². The number of thiazole rings is 1. The fourth-order valence-electron chi connectivity index (χ4n) is 2.39. The number of hydrogen-bond acceptors (Lipinski definition) is 5. The van der Waals surface area contributed by atoms with Crippen molar-refractivity contribution in [3.63, 3.8) is 0 Å². The number of aliphatic hydroxyl groups excluding tert-OH is 1. The highest BCUT2D eigenvalue weighted by Crippen LogP contribution is 2.25. The number of carbonyl (C=O) groups is 1. The average Bonchev–Trinajstić information content (AvgIpc) is 3.11. The summed E-state index contributed by atoms with van der Waals surface area (Å²) in [5.41, 5.74) is 1.03. The first-order valence-corrected chi connectivity index (χ1v) is 8.21. The lowest BCUT2D eigenvalue weighted by Crippen LogP contribution is -2.35. The third kappa shape index (κ3) is 3.64. The van der Waals surface area contributed by atoms with Gasteiger partial charge < -0.3 is 15.7 Å². The number of benzene rings is 1. The normalized spacial score (nSPS) is 21.0. The standard InChI is InChI=1S/C15H16ClN3O2S/c16-12-4-2-1-3-9(12)5-11-8-18-15(22-11)19-14(21)13-6-10(20)7-17-13/h1-4,8,10,13,17,20H,5-7H2,(H,18,19,21). The third-order valence-electron chi connectivity index (χ3n) is 3.53. The van der Waals surface area contributed by atoms with Gasteiger partial charge in [-0.25, -0.2) is 4.98 Å². The zero-order valence-corrected chi connectivity index (χ0v) is 13.3. The Labute approximate surface area is 137 Å². The lowest BCUT2D eigenvalue weighted by molar-refractivity contribution is -0.117. The lowest BCUT2D eigenvalue weighted by atomic mass is 10.1. The summed E-state index contributed by atoms with van der Waals surface area (Å²) in [6.45, 7) is 0.452. The van der Waals surface area contributed by atoms with Crippen molar-refractivity contribution < 1.29 is 9.90 Å². The Kier molecular flexibility index (Phi) is 4.73. The van der Waals surface area contributed by atoms with Gasteiger partial charge in [0.05, 0.1) is 12.1 Å². The van der Waals surface area contributed by atoms with Crippen LogP contribution in [0.15, 0.2) is 30.5 Å². The molecule has 3 rings (SSSR count). The molecule has 2 unspecified atom stereocenters. The predicted octanol–water partition coefficient (Wildman–Crippen LogP) is 2.05. The van der Waals surface area contributed by atoms with Gasteiger partial charge in [-0.1, -0.05) is 29.8 Å². The molecule has 7 heteroatoms. The van der Waals surface area contributed by atoms with E-state index in [-0.39, 0.29) is 11.9 Å². The van der Waals surface area contributed by atoms with Crippen LogP contribution in [0.3, 0.4) is 0 Å². The molecule has 5 nitrogen and oxygen atoms in total. The number of anilines is 1. The van der Waals surface area contributed by atoms with Crippen molar-refractivity contribution in [1.82, 2.24) is 10.3 Å². The molecule has 0 saturated carbocycles. The van der Waals surface area contributed by atoms with Gasteiger partial charge in [0, 0.05) is 29.1 Å². The van der Waals surface area contributed by atoms with E-state index in [9.17, 15) is 9.90 Å². The fraction of sp³-hybridized carbons (Fsp3) is 0.333. The van der Waals surface area contributed by atoms with Crippen LogP contribution in [0.25, 0.3) is 0 Å². The second kappa shape index (κ2) is 6.75. The van der Waals surface area contributed by atoms with E-state index >= 15 is 0 Å². The molecule has 2 atom stereocenters. The molecule has 1 saturated heterocycles. The monoisotopic (exact) mass is 337 g/mol. The van der Waals surface area contributed by atoms with Gasteiger partial charge in [-0.15, -0.1) is 11.3 Å². The molecule has 1 aromatic carbocycles. The Balaban J connectivity index is 1.62. The van der Waals surface area contributed by atoms with Crippen molar-refractivity contribution >= 4 is 34.0 Å². The number of halogens is 1. The number of hydrogen-bond donors (Lipinski definition) is 3. The van der Waals surface area contributed by atoms with Crippen LogP contribution < -0.4 is 10.6 Å². The number of nitrogens with zero attached hydrogens (tertiary/aromatic N) is 1. The Morgan fingerprint density at radius 1 is 1.50 bits per heavy atom. The number of aliphatic hydroxyl groups is 1. The molecule has 2 heterocycles. The summed E-state index contributed by atoms with van der Waals surface area (Å²) in [6, 6.07) is 7.32. The Bertz CT molecular complexity index is 676. The van der Waals surface area contributed by atoms with Gasteiger partial charge in [0.2, 0.25) is 5.91 Å². The van der Waals surface area contributed by atoms with E-state index in [1.165, 1.54) is 11.3 Å². The van der Waals surface area contributed by atoms with E-state index in [0.717, 1.165) is 15.5 Å². The van der Waals surface area contributed by atoms with Crippen LogP contribution in [0.2, 0.25) is 5.02 Å². The topological polar surface area (TPSA) is 74.2 Å². The zero-order chi connectivity index (χ0) is 15.5. The van der Waals surface area contributed by atoms with Gasteiger partial charge in [-0.2, -0.15) is 0 Å². The van der Waals surface area contributed by atoms with Crippen molar-refractivity contribution in [2.45, 2.75) is 25.0 Å². The Morgan fingerprint density at radius 2 is 2.32 bits per heavy atom. The number of β-amino-alcohol motifs (C(OH)–C–C–N with tert-alkyl or cyclic N) is 1. The molecule has 2 aromatic rings. The Morgan fingerprint density at radius 3 is 3.05 bits per heavy atom. The van der Waals surface area contributed by atoms with Crippen molar-refractivity contribution in [3.05, 3.63) is 45.9 Å². The molecule has 0 bridgehead atoms. The minimum atomic E-state index is -0.456. The zero-order valence-electron chi connectivity index (χ0n) is 11.8. The highest BCUT2D eigenvalue weighted by Gasteiger charge is 2.28. The van der Waals surface area contributed by atoms with E-state index in [4.69, 9.17) is 11.6 Å². The molecule has 0 radical (unpaired) electrons. The molecule has 1 aliphatic heterocycles. The SMILES string of the molecule is O=C(Nc1ncc(Cc2ccccc2Cl)s1)C1CC(O)CN1. The van der Waals surface area contributed by atoms with E-state index in [1.807, 2.05) is 24.3 Å². The number of amides is 1. The van der Waals surface area contributed by atoms with Crippen molar-refractivity contribution in [2.24, 2.45) is 0 Å². The van der Waals surface area contributed by atoms with E-state index in [2.05, 4.69) is 15.6 Å². The highest BCUT2D eigenvalue weighted by atomic mass is 35.5. The van der Waals surface area contributed by atoms with Crippen LogP contribution in [-0.4, -0.2) is 34.7 Å². The molecule has 0 aliphatic carbocycles. The first-order valence-electron chi connectivity index (χ1n) is 7.02. The maximum atomic E-state index is 12.0. The molecular weight excluding hydrogens is 322 g/mol. The number of carbonyl (C=O) groups excluding carboxylic acids is 1. The summed E-state index contributed by atoms with van der Waals surface area (Å²) in [5.74, 6) is -0.157. The summed E-state index contributed by atoms with van der Waals surface area (Å²) in [5, 5.41) is 16.5. The van der Waals surface area contributed by atoms with E-state index in [1.54, 1.807) is 6.20 Å².